The van der Waals surface area contributed by atoms with Crippen LogP contribution in [0.5, 0.6) is 5.75 Å². The SMILES string of the molecule is CCCC(O)N1c2ccc(O)cc2SC1C. The van der Waals surface area contributed by atoms with Crippen molar-refractivity contribution >= 4 is 17.4 Å². The molecule has 1 heterocycles. The summed E-state index contributed by atoms with van der Waals surface area (Å²) in [7, 11) is 0. The summed E-state index contributed by atoms with van der Waals surface area (Å²) in [4.78, 5) is 3.06. The van der Waals surface area contributed by atoms with Gasteiger partial charge in [0.05, 0.1) is 11.1 Å². The molecule has 2 N–H and O–H groups in total. The Hall–Kier alpha value is -0.870. The van der Waals surface area contributed by atoms with Crippen molar-refractivity contribution < 1.29 is 10.2 Å². The van der Waals surface area contributed by atoms with Crippen LogP contribution in [0.3, 0.4) is 0 Å². The Morgan fingerprint density at radius 1 is 1.50 bits per heavy atom. The molecule has 4 heteroatoms. The molecule has 88 valence electrons. The Morgan fingerprint density at radius 3 is 2.94 bits per heavy atom. The molecule has 0 saturated carbocycles. The third-order valence-corrected chi connectivity index (χ3v) is 3.93. The van der Waals surface area contributed by atoms with Gasteiger partial charge < -0.3 is 15.1 Å². The van der Waals surface area contributed by atoms with E-state index < -0.39 is 6.23 Å². The summed E-state index contributed by atoms with van der Waals surface area (Å²) in [6, 6.07) is 5.30. The van der Waals surface area contributed by atoms with E-state index in [9.17, 15) is 10.2 Å². The van der Waals surface area contributed by atoms with Gasteiger partial charge in [0, 0.05) is 4.90 Å². The van der Waals surface area contributed by atoms with Gasteiger partial charge in [0.25, 0.3) is 0 Å². The van der Waals surface area contributed by atoms with Crippen LogP contribution >= 0.6 is 11.8 Å². The van der Waals surface area contributed by atoms with Gasteiger partial charge in [-0.25, -0.2) is 0 Å². The molecular weight excluding hydrogens is 222 g/mol. The Bertz CT molecular complexity index is 383. The molecule has 2 atom stereocenters. The highest BCUT2D eigenvalue weighted by Gasteiger charge is 2.31. The fraction of sp³-hybridized carbons (Fsp3) is 0.500. The fourth-order valence-corrected chi connectivity index (χ4v) is 3.27. The lowest BCUT2D eigenvalue weighted by Gasteiger charge is -2.29. The molecule has 16 heavy (non-hydrogen) atoms. The number of aromatic hydroxyl groups is 1. The summed E-state index contributed by atoms with van der Waals surface area (Å²) in [6.45, 7) is 4.13. The molecule has 0 aromatic heterocycles. The smallest absolute Gasteiger partial charge is 0.127 e. The summed E-state index contributed by atoms with van der Waals surface area (Å²) in [5.41, 5.74) is 1.02. The average molecular weight is 239 g/mol. The van der Waals surface area contributed by atoms with E-state index in [1.54, 1.807) is 23.9 Å². The molecule has 1 aliphatic heterocycles. The van der Waals surface area contributed by atoms with E-state index in [0.717, 1.165) is 23.4 Å². The average Bonchev–Trinajstić information content (AvgIpc) is 2.53. The highest BCUT2D eigenvalue weighted by molar-refractivity contribution is 8.00. The van der Waals surface area contributed by atoms with E-state index in [1.165, 1.54) is 0 Å². The van der Waals surface area contributed by atoms with Crippen molar-refractivity contribution in [2.45, 2.75) is 43.2 Å². The first-order valence-electron chi connectivity index (χ1n) is 5.59. The maximum Gasteiger partial charge on any atom is 0.127 e. The molecule has 1 aliphatic rings. The highest BCUT2D eigenvalue weighted by atomic mass is 32.2. The van der Waals surface area contributed by atoms with Crippen molar-refractivity contribution in [3.05, 3.63) is 18.2 Å². The molecule has 1 aromatic carbocycles. The van der Waals surface area contributed by atoms with Gasteiger partial charge in [0.2, 0.25) is 0 Å². The molecule has 0 radical (unpaired) electrons. The lowest BCUT2D eigenvalue weighted by atomic mass is 10.2. The van der Waals surface area contributed by atoms with Crippen molar-refractivity contribution in [2.24, 2.45) is 0 Å². The van der Waals surface area contributed by atoms with Gasteiger partial charge in [-0.05, 0) is 31.5 Å². The standard InChI is InChI=1S/C12H17NO2S/c1-3-4-12(15)13-8(2)16-11-7-9(14)5-6-10(11)13/h5-8,12,14-15H,3-4H2,1-2H3. The second-order valence-electron chi connectivity index (χ2n) is 4.05. The number of hydrogen-bond acceptors (Lipinski definition) is 4. The maximum atomic E-state index is 10.1. The monoisotopic (exact) mass is 239 g/mol. The van der Waals surface area contributed by atoms with Crippen LogP contribution in [0.15, 0.2) is 23.1 Å². The first-order chi connectivity index (χ1) is 7.63. The lowest BCUT2D eigenvalue weighted by molar-refractivity contribution is 0.157. The van der Waals surface area contributed by atoms with Crippen LogP contribution < -0.4 is 4.90 Å². The Kier molecular flexibility index (Phi) is 3.30. The number of aliphatic hydroxyl groups excluding tert-OH is 1. The summed E-state index contributed by atoms with van der Waals surface area (Å²) in [6.07, 6.45) is 1.30. The predicted molar refractivity (Wildman–Crippen MR) is 66.8 cm³/mol. The van der Waals surface area contributed by atoms with Gasteiger partial charge in [-0.3, -0.25) is 0 Å². The number of phenolic OH excluding ortho intramolecular Hbond substituents is 1. The van der Waals surface area contributed by atoms with E-state index in [1.807, 2.05) is 11.0 Å². The molecule has 0 aliphatic carbocycles. The van der Waals surface area contributed by atoms with Crippen LogP contribution in [-0.2, 0) is 0 Å². The van der Waals surface area contributed by atoms with Gasteiger partial charge >= 0.3 is 0 Å². The fourth-order valence-electron chi connectivity index (χ4n) is 2.05. The summed E-state index contributed by atoms with van der Waals surface area (Å²) >= 11 is 1.67. The minimum absolute atomic E-state index is 0.221. The first-order valence-corrected chi connectivity index (χ1v) is 6.47. The largest absolute Gasteiger partial charge is 0.508 e. The van der Waals surface area contributed by atoms with Crippen molar-refractivity contribution in [3.63, 3.8) is 0 Å². The van der Waals surface area contributed by atoms with Gasteiger partial charge in [-0.15, -0.1) is 0 Å². The number of fused-ring (bicyclic) bond motifs is 1. The second-order valence-corrected chi connectivity index (χ2v) is 5.40. The van der Waals surface area contributed by atoms with Crippen molar-refractivity contribution in [2.75, 3.05) is 4.90 Å². The van der Waals surface area contributed by atoms with E-state index in [2.05, 4.69) is 13.8 Å². The number of phenols is 1. The van der Waals surface area contributed by atoms with Crippen molar-refractivity contribution in [1.82, 2.24) is 0 Å². The lowest BCUT2D eigenvalue weighted by Crippen LogP contribution is -2.37. The molecule has 2 unspecified atom stereocenters. The molecule has 0 fully saturated rings. The molecule has 0 amide bonds. The maximum absolute atomic E-state index is 10.1. The number of hydrogen-bond donors (Lipinski definition) is 2. The summed E-state index contributed by atoms with van der Waals surface area (Å²) in [5, 5.41) is 19.7. The molecule has 1 aromatic rings. The topological polar surface area (TPSA) is 43.7 Å². The Labute approximate surface area is 100 Å². The Morgan fingerprint density at radius 2 is 2.25 bits per heavy atom. The van der Waals surface area contributed by atoms with E-state index in [4.69, 9.17) is 0 Å². The molecular formula is C12H17NO2S. The zero-order valence-corrected chi connectivity index (χ0v) is 10.4. The molecule has 0 spiro atoms. The molecule has 0 saturated heterocycles. The quantitative estimate of drug-likeness (QED) is 0.851. The minimum Gasteiger partial charge on any atom is -0.508 e. The zero-order valence-electron chi connectivity index (χ0n) is 9.55. The molecule has 0 bridgehead atoms. The van der Waals surface area contributed by atoms with Crippen LogP contribution in [0.4, 0.5) is 5.69 Å². The number of nitrogens with zero attached hydrogens (tertiary/aromatic N) is 1. The van der Waals surface area contributed by atoms with Crippen molar-refractivity contribution in [1.29, 1.82) is 0 Å². The van der Waals surface area contributed by atoms with Crippen LogP contribution in [0.25, 0.3) is 0 Å². The molecule has 3 nitrogen and oxygen atoms in total. The van der Waals surface area contributed by atoms with Crippen molar-refractivity contribution in [3.8, 4) is 5.75 Å². The third-order valence-electron chi connectivity index (χ3n) is 2.78. The highest BCUT2D eigenvalue weighted by Crippen LogP contribution is 2.45. The van der Waals surface area contributed by atoms with Gasteiger partial charge in [-0.2, -0.15) is 0 Å². The number of aliphatic hydroxyl groups is 1. The summed E-state index contributed by atoms with van der Waals surface area (Å²) in [5.74, 6) is 0.283. The number of anilines is 1. The van der Waals surface area contributed by atoms with Gasteiger partial charge in [0.1, 0.15) is 12.0 Å². The van der Waals surface area contributed by atoms with Crippen LogP contribution in [0.1, 0.15) is 26.7 Å². The van der Waals surface area contributed by atoms with E-state index >= 15 is 0 Å². The number of rotatable bonds is 3. The third kappa shape index (κ3) is 1.99. The first kappa shape index (κ1) is 11.6. The van der Waals surface area contributed by atoms with Gasteiger partial charge in [0.15, 0.2) is 0 Å². The predicted octanol–water partition coefficient (Wildman–Crippen LogP) is 2.77. The molecule has 2 rings (SSSR count). The van der Waals surface area contributed by atoms with E-state index in [-0.39, 0.29) is 11.1 Å². The second kappa shape index (κ2) is 4.55. The van der Waals surface area contributed by atoms with Crippen LogP contribution in [-0.4, -0.2) is 21.8 Å². The Balaban J connectivity index is 2.29. The summed E-state index contributed by atoms with van der Waals surface area (Å²) < 4.78 is 0. The van der Waals surface area contributed by atoms with Crippen LogP contribution in [0, 0.1) is 0 Å². The van der Waals surface area contributed by atoms with Gasteiger partial charge in [-0.1, -0.05) is 25.1 Å². The minimum atomic E-state index is -0.432. The van der Waals surface area contributed by atoms with E-state index in [0.29, 0.717) is 0 Å². The van der Waals surface area contributed by atoms with Crippen LogP contribution in [0.2, 0.25) is 0 Å². The number of thioether (sulfide) groups is 1. The number of benzene rings is 1. The normalized spacial score (nSPS) is 20.9. The zero-order chi connectivity index (χ0) is 11.7.